The van der Waals surface area contributed by atoms with Crippen molar-refractivity contribution in [1.82, 2.24) is 14.9 Å². The molecule has 0 amide bonds. The molecule has 0 atom stereocenters. The molecule has 2 heterocycles. The second kappa shape index (κ2) is 4.53. The van der Waals surface area contributed by atoms with Gasteiger partial charge in [-0.1, -0.05) is 0 Å². The van der Waals surface area contributed by atoms with Crippen molar-refractivity contribution in [3.05, 3.63) is 18.1 Å². The summed E-state index contributed by atoms with van der Waals surface area (Å²) in [5.41, 5.74) is 0.0531. The Morgan fingerprint density at radius 3 is 2.44 bits per heavy atom. The minimum absolute atomic E-state index is 0.0531. The number of aromatic nitrogens is 2. The van der Waals surface area contributed by atoms with E-state index >= 15 is 0 Å². The Balaban J connectivity index is 1.73. The van der Waals surface area contributed by atoms with Gasteiger partial charge in [-0.2, -0.15) is 0 Å². The highest BCUT2D eigenvalue weighted by molar-refractivity contribution is 5.90. The molecule has 0 spiro atoms. The third-order valence-corrected chi connectivity index (χ3v) is 3.56. The summed E-state index contributed by atoms with van der Waals surface area (Å²) < 4.78 is 0. The van der Waals surface area contributed by atoms with Gasteiger partial charge in [-0.05, 0) is 12.8 Å². The first-order valence-corrected chi connectivity index (χ1v) is 6.29. The van der Waals surface area contributed by atoms with Gasteiger partial charge in [0.1, 0.15) is 0 Å². The predicted octanol–water partition coefficient (Wildman–Crippen LogP) is 0.459. The smallest absolute Gasteiger partial charge is 0.358 e. The lowest BCUT2D eigenvalue weighted by Gasteiger charge is -2.35. The van der Waals surface area contributed by atoms with Crippen LogP contribution in [-0.4, -0.2) is 58.2 Å². The van der Waals surface area contributed by atoms with E-state index in [-0.39, 0.29) is 5.69 Å². The van der Waals surface area contributed by atoms with E-state index in [0.717, 1.165) is 32.2 Å². The lowest BCUT2D eigenvalue weighted by Crippen LogP contribution is -2.48. The quantitative estimate of drug-likeness (QED) is 0.838. The Labute approximate surface area is 105 Å². The van der Waals surface area contributed by atoms with Crippen LogP contribution in [0.5, 0.6) is 0 Å². The van der Waals surface area contributed by atoms with Gasteiger partial charge >= 0.3 is 5.97 Å². The molecule has 1 aliphatic heterocycles. The average Bonchev–Trinajstić information content (AvgIpc) is 3.23. The zero-order valence-electron chi connectivity index (χ0n) is 10.1. The molecule has 3 rings (SSSR count). The third-order valence-electron chi connectivity index (χ3n) is 3.56. The highest BCUT2D eigenvalue weighted by Gasteiger charge is 2.32. The van der Waals surface area contributed by atoms with Gasteiger partial charge < -0.3 is 10.0 Å². The first-order chi connectivity index (χ1) is 8.75. The van der Waals surface area contributed by atoms with Gasteiger partial charge in [0.2, 0.25) is 0 Å². The van der Waals surface area contributed by atoms with Crippen LogP contribution in [-0.2, 0) is 0 Å². The van der Waals surface area contributed by atoms with Crippen LogP contribution >= 0.6 is 0 Å². The number of hydrogen-bond donors (Lipinski definition) is 1. The molecule has 18 heavy (non-hydrogen) atoms. The number of piperazine rings is 1. The third kappa shape index (κ3) is 2.15. The van der Waals surface area contributed by atoms with E-state index in [4.69, 9.17) is 5.11 Å². The van der Waals surface area contributed by atoms with Crippen molar-refractivity contribution in [1.29, 1.82) is 0 Å². The second-order valence-electron chi connectivity index (χ2n) is 4.79. The molecule has 0 bridgehead atoms. The molecule has 1 aromatic rings. The minimum Gasteiger partial charge on any atom is -0.476 e. The summed E-state index contributed by atoms with van der Waals surface area (Å²) >= 11 is 0. The van der Waals surface area contributed by atoms with Gasteiger partial charge in [0.15, 0.2) is 11.5 Å². The monoisotopic (exact) mass is 248 g/mol. The number of hydrogen-bond acceptors (Lipinski definition) is 5. The van der Waals surface area contributed by atoms with Crippen molar-refractivity contribution < 1.29 is 9.90 Å². The number of anilines is 1. The van der Waals surface area contributed by atoms with Crippen molar-refractivity contribution in [3.8, 4) is 0 Å². The number of carboxylic acids is 1. The van der Waals surface area contributed by atoms with Gasteiger partial charge in [-0.25, -0.2) is 14.8 Å². The maximum Gasteiger partial charge on any atom is 0.358 e. The summed E-state index contributed by atoms with van der Waals surface area (Å²) in [6, 6.07) is 0.771. The molecular formula is C12H16N4O2. The van der Waals surface area contributed by atoms with E-state index in [2.05, 4.69) is 14.9 Å². The van der Waals surface area contributed by atoms with Gasteiger partial charge in [0.05, 0.1) is 0 Å². The molecule has 1 N–H and O–H groups in total. The molecule has 1 aromatic heterocycles. The average molecular weight is 248 g/mol. The summed E-state index contributed by atoms with van der Waals surface area (Å²) in [5.74, 6) is -0.511. The topological polar surface area (TPSA) is 69.6 Å². The lowest BCUT2D eigenvalue weighted by atomic mass is 10.3. The Kier molecular flexibility index (Phi) is 2.87. The normalized spacial score (nSPS) is 21.0. The molecule has 6 nitrogen and oxygen atoms in total. The number of carboxylic acid groups (broad SMARTS) is 1. The highest BCUT2D eigenvalue weighted by Crippen LogP contribution is 2.28. The van der Waals surface area contributed by atoms with Crippen molar-refractivity contribution in [2.24, 2.45) is 0 Å². The molecule has 1 aliphatic carbocycles. The van der Waals surface area contributed by atoms with Crippen LogP contribution in [0.3, 0.4) is 0 Å². The largest absolute Gasteiger partial charge is 0.476 e. The van der Waals surface area contributed by atoms with E-state index in [1.165, 1.54) is 19.0 Å². The summed E-state index contributed by atoms with van der Waals surface area (Å²) in [5, 5.41) is 9.11. The molecule has 1 saturated heterocycles. The van der Waals surface area contributed by atoms with E-state index in [1.807, 2.05) is 4.90 Å². The summed E-state index contributed by atoms with van der Waals surface area (Å²) in [6.07, 6.45) is 5.60. The number of aromatic carboxylic acids is 1. The molecule has 6 heteroatoms. The molecule has 1 saturated carbocycles. The van der Waals surface area contributed by atoms with Crippen molar-refractivity contribution >= 4 is 11.8 Å². The fourth-order valence-electron chi connectivity index (χ4n) is 2.45. The molecule has 0 aromatic carbocycles. The van der Waals surface area contributed by atoms with E-state index in [1.54, 1.807) is 6.20 Å². The summed E-state index contributed by atoms with van der Waals surface area (Å²) in [4.78, 5) is 23.7. The minimum atomic E-state index is -1.01. The van der Waals surface area contributed by atoms with E-state index < -0.39 is 5.97 Å². The Bertz CT molecular complexity index is 453. The standard InChI is InChI=1S/C12H16N4O2/c17-12(18)10-11(14-4-3-13-10)16-7-5-15(6-8-16)9-1-2-9/h3-4,9H,1-2,5-8H2,(H,17,18). The first-order valence-electron chi connectivity index (χ1n) is 6.29. The van der Waals surface area contributed by atoms with Gasteiger partial charge in [0.25, 0.3) is 0 Å². The Morgan fingerprint density at radius 1 is 1.17 bits per heavy atom. The molecular weight excluding hydrogens is 232 g/mol. The van der Waals surface area contributed by atoms with Gasteiger partial charge in [-0.15, -0.1) is 0 Å². The van der Waals surface area contributed by atoms with E-state index in [9.17, 15) is 4.79 Å². The maximum absolute atomic E-state index is 11.1. The van der Waals surface area contributed by atoms with Gasteiger partial charge in [0, 0.05) is 44.6 Å². The molecule has 0 radical (unpaired) electrons. The van der Waals surface area contributed by atoms with Crippen LogP contribution < -0.4 is 4.90 Å². The molecule has 96 valence electrons. The highest BCUT2D eigenvalue weighted by atomic mass is 16.4. The van der Waals surface area contributed by atoms with Crippen LogP contribution in [0.4, 0.5) is 5.82 Å². The number of carbonyl (C=O) groups is 1. The van der Waals surface area contributed by atoms with Crippen LogP contribution in [0.25, 0.3) is 0 Å². The fourth-order valence-corrected chi connectivity index (χ4v) is 2.45. The van der Waals surface area contributed by atoms with Crippen LogP contribution in [0.2, 0.25) is 0 Å². The number of nitrogens with zero attached hydrogens (tertiary/aromatic N) is 4. The maximum atomic E-state index is 11.1. The van der Waals surface area contributed by atoms with Crippen LogP contribution in [0.1, 0.15) is 23.3 Å². The van der Waals surface area contributed by atoms with Crippen molar-refractivity contribution in [2.45, 2.75) is 18.9 Å². The second-order valence-corrected chi connectivity index (χ2v) is 4.79. The summed E-state index contributed by atoms with van der Waals surface area (Å²) in [6.45, 7) is 3.63. The van der Waals surface area contributed by atoms with Crippen molar-refractivity contribution in [2.75, 3.05) is 31.1 Å². The predicted molar refractivity (Wildman–Crippen MR) is 65.8 cm³/mol. The fraction of sp³-hybridized carbons (Fsp3) is 0.583. The molecule has 2 fully saturated rings. The lowest BCUT2D eigenvalue weighted by molar-refractivity contribution is 0.0690. The van der Waals surface area contributed by atoms with Gasteiger partial charge in [-0.3, -0.25) is 4.90 Å². The van der Waals surface area contributed by atoms with Crippen molar-refractivity contribution in [3.63, 3.8) is 0 Å². The zero-order chi connectivity index (χ0) is 12.5. The number of rotatable bonds is 3. The Morgan fingerprint density at radius 2 is 1.83 bits per heavy atom. The van der Waals surface area contributed by atoms with Crippen LogP contribution in [0.15, 0.2) is 12.4 Å². The molecule has 2 aliphatic rings. The van der Waals surface area contributed by atoms with Crippen LogP contribution in [0, 0.1) is 0 Å². The molecule has 0 unspecified atom stereocenters. The Hall–Kier alpha value is -1.69. The summed E-state index contributed by atoms with van der Waals surface area (Å²) in [7, 11) is 0. The zero-order valence-corrected chi connectivity index (χ0v) is 10.1. The SMILES string of the molecule is O=C(O)c1nccnc1N1CCN(C2CC2)CC1. The van der Waals surface area contributed by atoms with E-state index in [0.29, 0.717) is 5.82 Å². The first kappa shape index (κ1) is 11.4.